The minimum absolute atomic E-state index is 0.00553. The summed E-state index contributed by atoms with van der Waals surface area (Å²) in [6.07, 6.45) is 0.972. The smallest absolute Gasteiger partial charge is 0.407 e. The van der Waals surface area contributed by atoms with Gasteiger partial charge in [-0.1, -0.05) is 12.7 Å². The van der Waals surface area contributed by atoms with Gasteiger partial charge in [-0.05, 0) is 12.1 Å². The zero-order valence-corrected chi connectivity index (χ0v) is 9.96. The van der Waals surface area contributed by atoms with Gasteiger partial charge >= 0.3 is 12.1 Å². The van der Waals surface area contributed by atoms with Gasteiger partial charge in [0.15, 0.2) is 0 Å². The third kappa shape index (κ3) is 5.17. The molecule has 1 aromatic heterocycles. The van der Waals surface area contributed by atoms with Crippen LogP contribution in [-0.4, -0.2) is 23.8 Å². The third-order valence-electron chi connectivity index (χ3n) is 1.78. The Morgan fingerprint density at radius 1 is 1.47 bits per heavy atom. The minimum Gasteiger partial charge on any atom is -0.481 e. The zero-order chi connectivity index (χ0) is 12.7. The number of thiophene rings is 1. The van der Waals surface area contributed by atoms with Crippen molar-refractivity contribution in [3.05, 3.63) is 34.5 Å². The molecule has 0 radical (unpaired) electrons. The summed E-state index contributed by atoms with van der Waals surface area (Å²) in [5.41, 5.74) is 0. The van der Waals surface area contributed by atoms with E-state index < -0.39 is 12.1 Å². The number of carboxylic acid groups (broad SMARTS) is 1. The Morgan fingerprint density at radius 3 is 2.82 bits per heavy atom. The Morgan fingerprint density at radius 2 is 2.18 bits per heavy atom. The van der Waals surface area contributed by atoms with Crippen LogP contribution >= 0.6 is 11.3 Å². The molecule has 6 heteroatoms. The quantitative estimate of drug-likeness (QED) is 0.760. The average Bonchev–Trinajstić information content (AvgIpc) is 2.70. The van der Waals surface area contributed by atoms with E-state index in [2.05, 4.69) is 11.9 Å². The molecule has 1 amide bonds. The van der Waals surface area contributed by atoms with Crippen LogP contribution in [-0.2, 0) is 22.5 Å². The van der Waals surface area contributed by atoms with Crippen molar-refractivity contribution in [1.29, 1.82) is 0 Å². The van der Waals surface area contributed by atoms with Gasteiger partial charge in [0.2, 0.25) is 0 Å². The maximum atomic E-state index is 11.1. The topological polar surface area (TPSA) is 75.6 Å². The SMILES string of the molecule is C=CCOC(=O)NCc1ccc(CC(=O)O)s1. The molecule has 0 aromatic carbocycles. The van der Waals surface area contributed by atoms with E-state index in [9.17, 15) is 9.59 Å². The number of nitrogens with one attached hydrogen (secondary N) is 1. The van der Waals surface area contributed by atoms with E-state index in [-0.39, 0.29) is 13.0 Å². The highest BCUT2D eigenvalue weighted by Gasteiger charge is 2.06. The Kier molecular flexibility index (Phi) is 5.22. The summed E-state index contributed by atoms with van der Waals surface area (Å²) >= 11 is 1.36. The van der Waals surface area contributed by atoms with Crippen LogP contribution in [0.4, 0.5) is 4.79 Å². The number of aliphatic carboxylic acids is 1. The van der Waals surface area contributed by atoms with Crippen molar-refractivity contribution in [2.45, 2.75) is 13.0 Å². The van der Waals surface area contributed by atoms with Crippen molar-refractivity contribution < 1.29 is 19.4 Å². The summed E-state index contributed by atoms with van der Waals surface area (Å²) in [7, 11) is 0. The maximum absolute atomic E-state index is 11.1. The van der Waals surface area contributed by atoms with Crippen molar-refractivity contribution in [3.8, 4) is 0 Å². The first-order valence-electron chi connectivity index (χ1n) is 4.92. The fraction of sp³-hybridized carbons (Fsp3) is 0.273. The highest BCUT2D eigenvalue weighted by Crippen LogP contribution is 2.16. The standard InChI is InChI=1S/C11H13NO4S/c1-2-5-16-11(15)12-7-9-4-3-8(17-9)6-10(13)14/h2-4H,1,5-7H2,(H,12,15)(H,13,14). The number of amides is 1. The summed E-state index contributed by atoms with van der Waals surface area (Å²) in [6.45, 7) is 3.92. The monoisotopic (exact) mass is 255 g/mol. The Balaban J connectivity index is 2.36. The molecule has 92 valence electrons. The second-order valence-electron chi connectivity index (χ2n) is 3.18. The number of ether oxygens (including phenoxy) is 1. The van der Waals surface area contributed by atoms with E-state index in [1.807, 2.05) is 0 Å². The molecule has 0 unspecified atom stereocenters. The fourth-order valence-corrected chi connectivity index (χ4v) is 2.06. The molecule has 0 saturated heterocycles. The van der Waals surface area contributed by atoms with Crippen LogP contribution in [0.5, 0.6) is 0 Å². The van der Waals surface area contributed by atoms with Gasteiger partial charge in [0.1, 0.15) is 6.61 Å². The number of hydrogen-bond donors (Lipinski definition) is 2. The van der Waals surface area contributed by atoms with Crippen molar-refractivity contribution in [3.63, 3.8) is 0 Å². The number of hydrogen-bond acceptors (Lipinski definition) is 4. The fourth-order valence-electron chi connectivity index (χ4n) is 1.11. The zero-order valence-electron chi connectivity index (χ0n) is 9.14. The molecule has 0 aliphatic heterocycles. The molecule has 1 heterocycles. The molecule has 0 aliphatic rings. The second kappa shape index (κ2) is 6.70. The van der Waals surface area contributed by atoms with Crippen molar-refractivity contribution in [1.82, 2.24) is 5.32 Å². The highest BCUT2D eigenvalue weighted by atomic mass is 32.1. The maximum Gasteiger partial charge on any atom is 0.407 e. The predicted molar refractivity (Wildman–Crippen MR) is 64.0 cm³/mol. The van der Waals surface area contributed by atoms with E-state index in [1.165, 1.54) is 17.4 Å². The number of carbonyl (C=O) groups is 2. The largest absolute Gasteiger partial charge is 0.481 e. The van der Waals surface area contributed by atoms with E-state index in [0.29, 0.717) is 6.54 Å². The lowest BCUT2D eigenvalue weighted by Gasteiger charge is -2.02. The molecule has 1 aromatic rings. The van der Waals surface area contributed by atoms with E-state index >= 15 is 0 Å². The number of carbonyl (C=O) groups excluding carboxylic acids is 1. The van der Waals surface area contributed by atoms with Gasteiger partial charge in [0.05, 0.1) is 13.0 Å². The molecule has 0 aliphatic carbocycles. The first-order chi connectivity index (χ1) is 8.11. The first-order valence-corrected chi connectivity index (χ1v) is 5.74. The number of carboxylic acids is 1. The molecule has 0 saturated carbocycles. The normalized spacial score (nSPS) is 9.65. The van der Waals surface area contributed by atoms with Crippen LogP contribution < -0.4 is 5.32 Å². The lowest BCUT2D eigenvalue weighted by Crippen LogP contribution is -2.23. The molecular formula is C11H13NO4S. The third-order valence-corrected chi connectivity index (χ3v) is 2.87. The van der Waals surface area contributed by atoms with Crippen LogP contribution in [0.25, 0.3) is 0 Å². The van der Waals surface area contributed by atoms with Crippen LogP contribution in [0.2, 0.25) is 0 Å². The number of alkyl carbamates (subject to hydrolysis) is 1. The summed E-state index contributed by atoms with van der Waals surface area (Å²) in [5, 5.41) is 11.2. The Labute approximate surface area is 103 Å². The number of rotatable bonds is 6. The van der Waals surface area contributed by atoms with Gasteiger partial charge < -0.3 is 15.2 Å². The van der Waals surface area contributed by atoms with Crippen LogP contribution in [0.3, 0.4) is 0 Å². The van der Waals surface area contributed by atoms with Gasteiger partial charge in [-0.2, -0.15) is 0 Å². The lowest BCUT2D eigenvalue weighted by atomic mass is 10.3. The second-order valence-corrected chi connectivity index (χ2v) is 4.43. The summed E-state index contributed by atoms with van der Waals surface area (Å²) in [5.74, 6) is -0.864. The Hall–Kier alpha value is -1.82. The first kappa shape index (κ1) is 13.2. The predicted octanol–water partition coefficient (Wildman–Crippen LogP) is 1.79. The molecule has 17 heavy (non-hydrogen) atoms. The minimum atomic E-state index is -0.864. The summed E-state index contributed by atoms with van der Waals surface area (Å²) in [4.78, 5) is 23.2. The van der Waals surface area contributed by atoms with Crippen LogP contribution in [0, 0.1) is 0 Å². The van der Waals surface area contributed by atoms with Gasteiger partial charge in [-0.15, -0.1) is 11.3 Å². The van der Waals surface area contributed by atoms with Crippen LogP contribution in [0.1, 0.15) is 9.75 Å². The van der Waals surface area contributed by atoms with Gasteiger partial charge in [0, 0.05) is 9.75 Å². The van der Waals surface area contributed by atoms with Crippen LogP contribution in [0.15, 0.2) is 24.8 Å². The molecule has 5 nitrogen and oxygen atoms in total. The van der Waals surface area contributed by atoms with Crippen molar-refractivity contribution in [2.75, 3.05) is 6.61 Å². The van der Waals surface area contributed by atoms with Gasteiger partial charge in [-0.25, -0.2) is 4.79 Å². The molecule has 0 bridgehead atoms. The molecule has 0 fully saturated rings. The summed E-state index contributed by atoms with van der Waals surface area (Å²) in [6, 6.07) is 3.53. The molecule has 0 atom stereocenters. The average molecular weight is 255 g/mol. The lowest BCUT2D eigenvalue weighted by molar-refractivity contribution is -0.136. The van der Waals surface area contributed by atoms with Gasteiger partial charge in [-0.3, -0.25) is 4.79 Å². The van der Waals surface area contributed by atoms with E-state index in [0.717, 1.165) is 9.75 Å². The molecule has 2 N–H and O–H groups in total. The molecule has 1 rings (SSSR count). The summed E-state index contributed by atoms with van der Waals surface area (Å²) < 4.78 is 4.73. The Bertz CT molecular complexity index is 413. The van der Waals surface area contributed by atoms with Crippen molar-refractivity contribution in [2.24, 2.45) is 0 Å². The van der Waals surface area contributed by atoms with E-state index in [4.69, 9.17) is 9.84 Å². The highest BCUT2D eigenvalue weighted by molar-refractivity contribution is 7.12. The van der Waals surface area contributed by atoms with E-state index in [1.54, 1.807) is 12.1 Å². The molecular weight excluding hydrogens is 242 g/mol. The molecule has 0 spiro atoms. The van der Waals surface area contributed by atoms with Gasteiger partial charge in [0.25, 0.3) is 0 Å². The van der Waals surface area contributed by atoms with Crippen molar-refractivity contribution >= 4 is 23.4 Å².